The van der Waals surface area contributed by atoms with E-state index >= 15 is 0 Å². The maximum atomic E-state index is 13.2. The predicted octanol–water partition coefficient (Wildman–Crippen LogP) is 2.13. The Balaban J connectivity index is 1.79. The Morgan fingerprint density at radius 1 is 1.35 bits per heavy atom. The zero-order chi connectivity index (χ0) is 12.1. The topological polar surface area (TPSA) is 38.3 Å². The maximum Gasteiger partial charge on any atom is 0.254 e. The molecule has 4 nitrogen and oxygen atoms in total. The van der Waals surface area contributed by atoms with Crippen molar-refractivity contribution >= 4 is 11.6 Å². The zero-order valence-corrected chi connectivity index (χ0v) is 10.3. The van der Waals surface area contributed by atoms with Crippen LogP contribution in [0.25, 0.3) is 0 Å². The van der Waals surface area contributed by atoms with E-state index in [2.05, 4.69) is 14.9 Å². The lowest BCUT2D eigenvalue weighted by Gasteiger charge is -2.25. The van der Waals surface area contributed by atoms with Crippen LogP contribution in [0.15, 0.2) is 6.20 Å². The summed E-state index contributed by atoms with van der Waals surface area (Å²) in [6.45, 7) is 3.40. The van der Waals surface area contributed by atoms with Gasteiger partial charge in [-0.1, -0.05) is 6.42 Å². The van der Waals surface area contributed by atoms with Crippen LogP contribution in [0.4, 0.5) is 4.39 Å². The molecule has 2 heterocycles. The molecule has 94 valence electrons. The van der Waals surface area contributed by atoms with Crippen molar-refractivity contribution in [1.29, 1.82) is 0 Å². The molecular weight excluding hydrogens is 245 g/mol. The Kier molecular flexibility index (Phi) is 4.50. The molecule has 0 radical (unpaired) electrons. The van der Waals surface area contributed by atoms with Gasteiger partial charge in [-0.25, -0.2) is 4.98 Å². The van der Waals surface area contributed by atoms with Crippen LogP contribution in [0.5, 0.6) is 5.88 Å². The van der Waals surface area contributed by atoms with Crippen molar-refractivity contribution in [2.45, 2.75) is 19.3 Å². The van der Waals surface area contributed by atoms with Crippen LogP contribution >= 0.6 is 11.6 Å². The third-order valence-electron chi connectivity index (χ3n) is 2.78. The van der Waals surface area contributed by atoms with Crippen molar-refractivity contribution in [2.75, 3.05) is 26.2 Å². The molecule has 0 bridgehead atoms. The minimum atomic E-state index is -0.576. The summed E-state index contributed by atoms with van der Waals surface area (Å²) in [6.07, 6.45) is 4.78. The van der Waals surface area contributed by atoms with Gasteiger partial charge in [0.05, 0.1) is 6.20 Å². The van der Waals surface area contributed by atoms with Crippen LogP contribution in [0.3, 0.4) is 0 Å². The molecule has 0 aromatic carbocycles. The van der Waals surface area contributed by atoms with Crippen LogP contribution in [0.1, 0.15) is 19.3 Å². The number of rotatable bonds is 4. The smallest absolute Gasteiger partial charge is 0.254 e. The summed E-state index contributed by atoms with van der Waals surface area (Å²) in [6, 6.07) is 0. The maximum absolute atomic E-state index is 13.2. The van der Waals surface area contributed by atoms with Gasteiger partial charge in [-0.15, -0.1) is 0 Å². The number of hydrogen-bond donors (Lipinski definition) is 0. The van der Waals surface area contributed by atoms with E-state index in [0.29, 0.717) is 6.61 Å². The average molecular weight is 260 g/mol. The average Bonchev–Trinajstić information content (AvgIpc) is 2.35. The van der Waals surface area contributed by atoms with Crippen molar-refractivity contribution in [3.8, 4) is 5.88 Å². The molecule has 0 spiro atoms. The Morgan fingerprint density at radius 2 is 2.12 bits per heavy atom. The number of piperidine rings is 1. The molecular formula is C11H15ClFN3O. The van der Waals surface area contributed by atoms with Crippen molar-refractivity contribution < 1.29 is 9.13 Å². The van der Waals surface area contributed by atoms with Crippen molar-refractivity contribution in [2.24, 2.45) is 0 Å². The van der Waals surface area contributed by atoms with Gasteiger partial charge in [0.15, 0.2) is 0 Å². The lowest BCUT2D eigenvalue weighted by atomic mass is 10.1. The third kappa shape index (κ3) is 3.78. The second-order valence-electron chi connectivity index (χ2n) is 4.04. The SMILES string of the molecule is Fc1cnc(Cl)nc1OCCN1CCCCC1. The first-order chi connectivity index (χ1) is 8.25. The summed E-state index contributed by atoms with van der Waals surface area (Å²) >= 11 is 5.57. The molecule has 0 aliphatic carbocycles. The molecule has 1 aromatic heterocycles. The van der Waals surface area contributed by atoms with Crippen LogP contribution in [0.2, 0.25) is 5.28 Å². The quantitative estimate of drug-likeness (QED) is 0.777. The first kappa shape index (κ1) is 12.5. The molecule has 0 atom stereocenters. The number of aromatic nitrogens is 2. The van der Waals surface area contributed by atoms with E-state index in [1.807, 2.05) is 0 Å². The second-order valence-corrected chi connectivity index (χ2v) is 4.38. The number of nitrogens with zero attached hydrogens (tertiary/aromatic N) is 3. The van der Waals surface area contributed by atoms with E-state index < -0.39 is 5.82 Å². The van der Waals surface area contributed by atoms with Gasteiger partial charge in [-0.2, -0.15) is 9.37 Å². The van der Waals surface area contributed by atoms with Crippen molar-refractivity contribution in [3.63, 3.8) is 0 Å². The minimum absolute atomic E-state index is 0.000581. The molecule has 0 unspecified atom stereocenters. The summed E-state index contributed by atoms with van der Waals surface area (Å²) in [4.78, 5) is 9.53. The number of hydrogen-bond acceptors (Lipinski definition) is 4. The largest absolute Gasteiger partial charge is 0.474 e. The van der Waals surface area contributed by atoms with Gasteiger partial charge in [0.1, 0.15) is 6.61 Å². The van der Waals surface area contributed by atoms with E-state index in [1.54, 1.807) is 0 Å². The highest BCUT2D eigenvalue weighted by Gasteiger charge is 2.11. The monoisotopic (exact) mass is 259 g/mol. The van der Waals surface area contributed by atoms with E-state index in [4.69, 9.17) is 16.3 Å². The lowest BCUT2D eigenvalue weighted by Crippen LogP contribution is -2.33. The molecule has 17 heavy (non-hydrogen) atoms. The van der Waals surface area contributed by atoms with Gasteiger partial charge in [0.25, 0.3) is 5.88 Å². The van der Waals surface area contributed by atoms with Gasteiger partial charge < -0.3 is 4.74 Å². The van der Waals surface area contributed by atoms with Crippen LogP contribution < -0.4 is 4.74 Å². The van der Waals surface area contributed by atoms with Gasteiger partial charge in [-0.3, -0.25) is 4.90 Å². The van der Waals surface area contributed by atoms with E-state index in [9.17, 15) is 4.39 Å². The van der Waals surface area contributed by atoms with Crippen molar-refractivity contribution in [1.82, 2.24) is 14.9 Å². The summed E-state index contributed by atoms with van der Waals surface area (Å²) in [7, 11) is 0. The van der Waals surface area contributed by atoms with Gasteiger partial charge in [0.2, 0.25) is 11.1 Å². The zero-order valence-electron chi connectivity index (χ0n) is 9.53. The molecule has 1 fully saturated rings. The van der Waals surface area contributed by atoms with Crippen LogP contribution in [-0.4, -0.2) is 41.1 Å². The number of likely N-dealkylation sites (tertiary alicyclic amines) is 1. The molecule has 0 saturated carbocycles. The van der Waals surface area contributed by atoms with E-state index in [0.717, 1.165) is 25.8 Å². The highest BCUT2D eigenvalue weighted by molar-refractivity contribution is 6.28. The van der Waals surface area contributed by atoms with Crippen LogP contribution in [0, 0.1) is 5.82 Å². The summed E-state index contributed by atoms with van der Waals surface area (Å²) < 4.78 is 18.5. The van der Waals surface area contributed by atoms with Crippen molar-refractivity contribution in [3.05, 3.63) is 17.3 Å². The third-order valence-corrected chi connectivity index (χ3v) is 2.96. The first-order valence-corrected chi connectivity index (χ1v) is 6.17. The Morgan fingerprint density at radius 3 is 2.88 bits per heavy atom. The summed E-state index contributed by atoms with van der Waals surface area (Å²) in [5.41, 5.74) is 0. The molecule has 1 aromatic rings. The molecule has 2 rings (SSSR count). The normalized spacial score (nSPS) is 17.1. The second kappa shape index (κ2) is 6.12. The Labute approximate surface area is 105 Å². The fourth-order valence-corrected chi connectivity index (χ4v) is 2.01. The Hall–Kier alpha value is -0.940. The van der Waals surface area contributed by atoms with Gasteiger partial charge >= 0.3 is 0 Å². The lowest BCUT2D eigenvalue weighted by molar-refractivity contribution is 0.177. The van der Waals surface area contributed by atoms with Crippen LogP contribution in [-0.2, 0) is 0 Å². The highest BCUT2D eigenvalue weighted by atomic mass is 35.5. The fraction of sp³-hybridized carbons (Fsp3) is 0.636. The predicted molar refractivity (Wildman–Crippen MR) is 62.8 cm³/mol. The Bertz CT molecular complexity index is 372. The fourth-order valence-electron chi connectivity index (χ4n) is 1.89. The molecule has 1 aliphatic rings. The number of ether oxygens (including phenoxy) is 1. The molecule has 6 heteroatoms. The molecule has 1 aliphatic heterocycles. The highest BCUT2D eigenvalue weighted by Crippen LogP contribution is 2.14. The summed E-state index contributed by atoms with van der Waals surface area (Å²) in [5.74, 6) is -0.643. The van der Waals surface area contributed by atoms with Gasteiger partial charge in [-0.05, 0) is 37.5 Å². The molecule has 1 saturated heterocycles. The van der Waals surface area contributed by atoms with Gasteiger partial charge in [0, 0.05) is 6.54 Å². The molecule has 0 amide bonds. The number of halogens is 2. The molecule has 0 N–H and O–H groups in total. The minimum Gasteiger partial charge on any atom is -0.474 e. The van der Waals surface area contributed by atoms with E-state index in [-0.39, 0.29) is 11.2 Å². The summed E-state index contributed by atoms with van der Waals surface area (Å²) in [5, 5.41) is -0.000581. The standard InChI is InChI=1S/C11H15ClFN3O/c12-11-14-8-9(13)10(15-11)17-7-6-16-4-2-1-3-5-16/h8H,1-7H2. The first-order valence-electron chi connectivity index (χ1n) is 5.79. The van der Waals surface area contributed by atoms with E-state index in [1.165, 1.54) is 19.3 Å².